The van der Waals surface area contributed by atoms with Gasteiger partial charge in [0, 0.05) is 25.3 Å². The van der Waals surface area contributed by atoms with Gasteiger partial charge in [0.05, 0.1) is 23.2 Å². The minimum Gasteiger partial charge on any atom is -0.482 e. The average Bonchev–Trinajstić information content (AvgIpc) is 2.79. The molecule has 1 N–H and O–H groups in total. The molecule has 3 rings (SSSR count). The molecule has 0 spiro atoms. The number of carbonyl (C=O) groups excluding carboxylic acids is 1. The molecule has 0 saturated carbocycles. The Hall–Kier alpha value is -1.09. The molecule has 1 amide bonds. The Labute approximate surface area is 153 Å². The average molecular weight is 398 g/mol. The first-order valence-electron chi connectivity index (χ1n) is 7.24. The quantitative estimate of drug-likeness (QED) is 0.783. The largest absolute Gasteiger partial charge is 0.482 e. The molecule has 7 nitrogen and oxygen atoms in total. The van der Waals surface area contributed by atoms with E-state index in [0.29, 0.717) is 18.8 Å². The van der Waals surface area contributed by atoms with Crippen molar-refractivity contribution in [2.24, 2.45) is 0 Å². The normalized spacial score (nSPS) is 24.3. The molecule has 1 aromatic heterocycles. The Morgan fingerprint density at radius 3 is 2.88 bits per heavy atom. The summed E-state index contributed by atoms with van der Waals surface area (Å²) in [4.78, 5) is 18.1. The summed E-state index contributed by atoms with van der Waals surface area (Å²) in [6, 6.07) is 3.06. The standard InChI is InChI=1S/C14H19N3O4S.2ClH/c1-10-13(3-2-4-15-10)21-7-14(18)17-6-5-16-11-8-22(19,20)9-12(11)17;;/h2-4,11-12,16H,5-9H2,1H3;2*1H/t11-,12+;;/m0../s1. The van der Waals surface area contributed by atoms with Crippen LogP contribution >= 0.6 is 24.8 Å². The molecule has 1 aromatic rings. The van der Waals surface area contributed by atoms with Crippen LogP contribution in [0.4, 0.5) is 0 Å². The topological polar surface area (TPSA) is 88.6 Å². The van der Waals surface area contributed by atoms with Crippen LogP contribution in [0.15, 0.2) is 18.3 Å². The summed E-state index contributed by atoms with van der Waals surface area (Å²) in [6.45, 7) is 2.82. The van der Waals surface area contributed by atoms with Crippen LogP contribution in [0.25, 0.3) is 0 Å². The Morgan fingerprint density at radius 2 is 2.17 bits per heavy atom. The third-order valence-corrected chi connectivity index (χ3v) is 5.83. The van der Waals surface area contributed by atoms with Gasteiger partial charge in [0.1, 0.15) is 5.75 Å². The highest BCUT2D eigenvalue weighted by Crippen LogP contribution is 2.22. The molecule has 0 aromatic carbocycles. The lowest BCUT2D eigenvalue weighted by Crippen LogP contribution is -2.59. The molecule has 0 unspecified atom stereocenters. The minimum absolute atomic E-state index is 0. The van der Waals surface area contributed by atoms with E-state index < -0.39 is 9.84 Å². The third kappa shape index (κ3) is 4.50. The fourth-order valence-corrected chi connectivity index (χ4v) is 4.98. The third-order valence-electron chi connectivity index (χ3n) is 4.11. The minimum atomic E-state index is -3.08. The van der Waals surface area contributed by atoms with Gasteiger partial charge < -0.3 is 15.0 Å². The Bertz CT molecular complexity index is 686. The van der Waals surface area contributed by atoms with Crippen molar-refractivity contribution >= 4 is 40.6 Å². The number of piperazine rings is 1. The molecule has 2 aliphatic rings. The van der Waals surface area contributed by atoms with E-state index in [2.05, 4.69) is 10.3 Å². The lowest BCUT2D eigenvalue weighted by atomic mass is 10.1. The number of rotatable bonds is 3. The van der Waals surface area contributed by atoms with Gasteiger partial charge in [-0.05, 0) is 19.1 Å². The highest BCUT2D eigenvalue weighted by molar-refractivity contribution is 7.91. The van der Waals surface area contributed by atoms with E-state index >= 15 is 0 Å². The number of hydrogen-bond acceptors (Lipinski definition) is 6. The van der Waals surface area contributed by atoms with Crippen LogP contribution in [0.1, 0.15) is 5.69 Å². The van der Waals surface area contributed by atoms with Gasteiger partial charge in [0.15, 0.2) is 16.4 Å². The Balaban J connectivity index is 0.00000144. The zero-order chi connectivity index (χ0) is 15.7. The van der Waals surface area contributed by atoms with Crippen molar-refractivity contribution in [1.29, 1.82) is 0 Å². The summed E-state index contributed by atoms with van der Waals surface area (Å²) in [5.41, 5.74) is 0.719. The first kappa shape index (κ1) is 21.0. The maximum Gasteiger partial charge on any atom is 0.260 e. The molecule has 136 valence electrons. The molecule has 2 fully saturated rings. The van der Waals surface area contributed by atoms with Crippen molar-refractivity contribution in [1.82, 2.24) is 15.2 Å². The summed E-state index contributed by atoms with van der Waals surface area (Å²) in [5.74, 6) is 0.519. The second-order valence-electron chi connectivity index (χ2n) is 5.67. The van der Waals surface area contributed by atoms with E-state index in [1.165, 1.54) is 0 Å². The van der Waals surface area contributed by atoms with Crippen LogP contribution in [0.5, 0.6) is 5.75 Å². The van der Waals surface area contributed by atoms with Crippen LogP contribution in [0.2, 0.25) is 0 Å². The molecule has 2 saturated heterocycles. The van der Waals surface area contributed by atoms with E-state index in [1.54, 1.807) is 23.2 Å². The second-order valence-corrected chi connectivity index (χ2v) is 7.82. The van der Waals surface area contributed by atoms with Gasteiger partial charge in [-0.1, -0.05) is 0 Å². The number of amides is 1. The highest BCUT2D eigenvalue weighted by Gasteiger charge is 2.44. The van der Waals surface area contributed by atoms with Gasteiger partial charge >= 0.3 is 0 Å². The summed E-state index contributed by atoms with van der Waals surface area (Å²) >= 11 is 0. The van der Waals surface area contributed by atoms with E-state index in [4.69, 9.17) is 4.74 Å². The van der Waals surface area contributed by atoms with Gasteiger partial charge in [0.2, 0.25) is 0 Å². The molecule has 10 heteroatoms. The molecular formula is C14H21Cl2N3O4S. The number of fused-ring (bicyclic) bond motifs is 1. The summed E-state index contributed by atoms with van der Waals surface area (Å²) in [7, 11) is -3.08. The van der Waals surface area contributed by atoms with Crippen molar-refractivity contribution in [3.63, 3.8) is 0 Å². The number of halogens is 2. The molecule has 24 heavy (non-hydrogen) atoms. The lowest BCUT2D eigenvalue weighted by molar-refractivity contribution is -0.136. The van der Waals surface area contributed by atoms with Crippen LogP contribution in [0.3, 0.4) is 0 Å². The summed E-state index contributed by atoms with van der Waals surface area (Å²) in [6.07, 6.45) is 1.66. The maximum atomic E-state index is 12.4. The second kappa shape index (κ2) is 8.33. The number of nitrogens with zero attached hydrogens (tertiary/aromatic N) is 2. The predicted octanol–water partition coefficient (Wildman–Crippen LogP) is 0.210. The molecule has 0 aliphatic carbocycles. The predicted molar refractivity (Wildman–Crippen MR) is 94.9 cm³/mol. The molecule has 3 heterocycles. The number of sulfone groups is 1. The Morgan fingerprint density at radius 1 is 1.42 bits per heavy atom. The monoisotopic (exact) mass is 397 g/mol. The van der Waals surface area contributed by atoms with Crippen LogP contribution in [-0.4, -0.2) is 67.5 Å². The number of nitrogens with one attached hydrogen (secondary N) is 1. The number of hydrogen-bond donors (Lipinski definition) is 1. The van der Waals surface area contributed by atoms with Crippen molar-refractivity contribution in [2.45, 2.75) is 19.0 Å². The van der Waals surface area contributed by atoms with Gasteiger partial charge in [0.25, 0.3) is 5.91 Å². The molecule has 2 atom stereocenters. The number of pyridine rings is 1. The van der Waals surface area contributed by atoms with Crippen molar-refractivity contribution in [3.05, 3.63) is 24.0 Å². The van der Waals surface area contributed by atoms with Crippen molar-refractivity contribution in [2.75, 3.05) is 31.2 Å². The molecule has 2 aliphatic heterocycles. The first-order chi connectivity index (χ1) is 10.5. The van der Waals surface area contributed by atoms with Crippen molar-refractivity contribution < 1.29 is 17.9 Å². The number of aryl methyl sites for hydroxylation is 1. The smallest absolute Gasteiger partial charge is 0.260 e. The van der Waals surface area contributed by atoms with E-state index in [-0.39, 0.29) is 60.9 Å². The number of aromatic nitrogens is 1. The van der Waals surface area contributed by atoms with Crippen LogP contribution in [0, 0.1) is 6.92 Å². The fourth-order valence-electron chi connectivity index (χ4n) is 3.02. The maximum absolute atomic E-state index is 12.4. The van der Waals surface area contributed by atoms with Gasteiger partial charge in [-0.15, -0.1) is 24.8 Å². The molecular weight excluding hydrogens is 377 g/mol. The zero-order valence-electron chi connectivity index (χ0n) is 13.2. The number of carbonyl (C=O) groups is 1. The van der Waals surface area contributed by atoms with Gasteiger partial charge in [-0.25, -0.2) is 8.42 Å². The number of ether oxygens (including phenoxy) is 1. The molecule has 0 bridgehead atoms. The fraction of sp³-hybridized carbons (Fsp3) is 0.571. The first-order valence-corrected chi connectivity index (χ1v) is 9.06. The molecule has 0 radical (unpaired) electrons. The van der Waals surface area contributed by atoms with E-state index in [0.717, 1.165) is 5.69 Å². The van der Waals surface area contributed by atoms with Gasteiger partial charge in [-0.3, -0.25) is 9.78 Å². The van der Waals surface area contributed by atoms with Crippen molar-refractivity contribution in [3.8, 4) is 5.75 Å². The van der Waals surface area contributed by atoms with Crippen LogP contribution < -0.4 is 10.1 Å². The van der Waals surface area contributed by atoms with Gasteiger partial charge in [-0.2, -0.15) is 0 Å². The van der Waals surface area contributed by atoms with E-state index in [9.17, 15) is 13.2 Å². The lowest BCUT2D eigenvalue weighted by Gasteiger charge is -2.37. The highest BCUT2D eigenvalue weighted by atomic mass is 35.5. The van der Waals surface area contributed by atoms with Crippen LogP contribution in [-0.2, 0) is 14.6 Å². The van der Waals surface area contributed by atoms with E-state index in [1.807, 2.05) is 6.92 Å². The Kier molecular flexibility index (Phi) is 7.27. The summed E-state index contributed by atoms with van der Waals surface area (Å²) in [5, 5.41) is 3.18. The summed E-state index contributed by atoms with van der Waals surface area (Å²) < 4.78 is 29.1. The zero-order valence-corrected chi connectivity index (χ0v) is 15.6. The SMILES string of the molecule is Cc1ncccc1OCC(=O)N1CCN[C@H]2CS(=O)(=O)C[C@H]21.Cl.Cl.